The van der Waals surface area contributed by atoms with Gasteiger partial charge in [-0.05, 0) is 29.7 Å². The minimum atomic E-state index is -1.44. The molecule has 1 heterocycles. The minimum absolute atomic E-state index is 0.0176. The van der Waals surface area contributed by atoms with Crippen molar-refractivity contribution < 1.29 is 29.3 Å². The van der Waals surface area contributed by atoms with Crippen molar-refractivity contribution in [2.45, 2.75) is 57.2 Å². The third kappa shape index (κ3) is 4.91. The average molecular weight is 497 g/mol. The number of ketones is 1. The highest BCUT2D eigenvalue weighted by Gasteiger charge is 2.60. The zero-order chi connectivity index (χ0) is 25.2. The fourth-order valence-electron chi connectivity index (χ4n) is 5.39. The second kappa shape index (κ2) is 10.3. The Balaban J connectivity index is 1.83. The van der Waals surface area contributed by atoms with Crippen LogP contribution in [0.25, 0.3) is 11.1 Å². The van der Waals surface area contributed by atoms with Crippen LogP contribution < -0.4 is 0 Å². The number of carboxylic acids is 1. The maximum absolute atomic E-state index is 12.7. The van der Waals surface area contributed by atoms with Gasteiger partial charge in [0.25, 0.3) is 0 Å². The van der Waals surface area contributed by atoms with Gasteiger partial charge < -0.3 is 14.9 Å². The van der Waals surface area contributed by atoms with E-state index < -0.39 is 35.5 Å². The molecule has 1 aliphatic carbocycles. The second-order valence-electron chi connectivity index (χ2n) is 9.36. The minimum Gasteiger partial charge on any atom is -0.478 e. The molecule has 6 nitrogen and oxygen atoms in total. The first kappa shape index (κ1) is 25.1. The predicted octanol–water partition coefficient (Wildman–Crippen LogP) is 5.46. The molecule has 7 heteroatoms. The number of carboxylic acid groups (broad SMARTS) is 1. The summed E-state index contributed by atoms with van der Waals surface area (Å²) in [5, 5.41) is 20.9. The van der Waals surface area contributed by atoms with Crippen molar-refractivity contribution in [2.24, 2.45) is 11.8 Å². The number of benzene rings is 2. The molecule has 2 bridgehead atoms. The van der Waals surface area contributed by atoms with Crippen LogP contribution in [-0.4, -0.2) is 34.0 Å². The summed E-state index contributed by atoms with van der Waals surface area (Å²) < 4.78 is 5.92. The summed E-state index contributed by atoms with van der Waals surface area (Å²) in [6.07, 6.45) is 3.57. The van der Waals surface area contributed by atoms with Gasteiger partial charge in [-0.1, -0.05) is 73.8 Å². The van der Waals surface area contributed by atoms with Crippen molar-refractivity contribution in [1.29, 1.82) is 0 Å². The van der Waals surface area contributed by atoms with Gasteiger partial charge >= 0.3 is 11.9 Å². The topological polar surface area (TPSA) is 101 Å². The van der Waals surface area contributed by atoms with Crippen molar-refractivity contribution in [3.8, 4) is 11.1 Å². The molecule has 0 aromatic heterocycles. The molecule has 0 spiro atoms. The summed E-state index contributed by atoms with van der Waals surface area (Å²) >= 11 is 6.44. The number of rotatable bonds is 9. The fourth-order valence-corrected chi connectivity index (χ4v) is 5.62. The van der Waals surface area contributed by atoms with Crippen molar-refractivity contribution in [1.82, 2.24) is 0 Å². The van der Waals surface area contributed by atoms with Gasteiger partial charge in [0.15, 0.2) is 5.78 Å². The van der Waals surface area contributed by atoms with Crippen LogP contribution in [0.2, 0.25) is 0 Å². The Hall–Kier alpha value is -2.96. The molecule has 35 heavy (non-hydrogen) atoms. The Morgan fingerprint density at radius 2 is 1.89 bits per heavy atom. The second-order valence-corrected chi connectivity index (χ2v) is 9.76. The Bertz CT molecular complexity index is 1160. The van der Waals surface area contributed by atoms with Gasteiger partial charge in [-0.25, -0.2) is 4.79 Å². The molecular formula is C28H29ClO6. The van der Waals surface area contributed by atoms with E-state index in [1.807, 2.05) is 37.3 Å². The molecule has 1 unspecified atom stereocenters. The molecule has 0 amide bonds. The van der Waals surface area contributed by atoms with Crippen molar-refractivity contribution in [3.63, 3.8) is 0 Å². The highest BCUT2D eigenvalue weighted by atomic mass is 35.5. The van der Waals surface area contributed by atoms with Gasteiger partial charge in [-0.2, -0.15) is 0 Å². The van der Waals surface area contributed by atoms with Gasteiger partial charge in [0, 0.05) is 30.2 Å². The van der Waals surface area contributed by atoms with E-state index in [2.05, 4.69) is 0 Å². The molecule has 2 fully saturated rings. The molecule has 1 aliphatic heterocycles. The summed E-state index contributed by atoms with van der Waals surface area (Å²) in [5.74, 6) is -3.06. The number of Topliss-reactive ketones (excluding diaryl/α,β-unsaturated/α-hetero) is 1. The van der Waals surface area contributed by atoms with Gasteiger partial charge in [0.1, 0.15) is 5.60 Å². The molecule has 2 aromatic carbocycles. The lowest BCUT2D eigenvalue weighted by Crippen LogP contribution is -2.43. The zero-order valence-corrected chi connectivity index (χ0v) is 20.3. The van der Waals surface area contributed by atoms with Crippen LogP contribution in [0.1, 0.15) is 61.4 Å². The molecule has 4 rings (SSSR count). The van der Waals surface area contributed by atoms with Crippen LogP contribution >= 0.6 is 11.6 Å². The number of hydrogen-bond acceptors (Lipinski definition) is 5. The number of carbonyl (C=O) groups excluding carboxylic acids is 2. The number of aromatic carboxylic acids is 1. The van der Waals surface area contributed by atoms with Crippen LogP contribution in [0.5, 0.6) is 0 Å². The third-order valence-electron chi connectivity index (χ3n) is 7.12. The Kier molecular flexibility index (Phi) is 7.43. The van der Waals surface area contributed by atoms with Gasteiger partial charge in [0.05, 0.1) is 23.1 Å². The van der Waals surface area contributed by atoms with Crippen LogP contribution in [0.3, 0.4) is 0 Å². The van der Waals surface area contributed by atoms with E-state index >= 15 is 0 Å². The number of aliphatic hydroxyl groups excluding tert-OH is 1. The highest BCUT2D eigenvalue weighted by Crippen LogP contribution is 2.56. The normalized spacial score (nSPS) is 25.9. The first-order valence-corrected chi connectivity index (χ1v) is 12.4. The maximum atomic E-state index is 12.7. The number of esters is 1. The van der Waals surface area contributed by atoms with E-state index in [4.69, 9.17) is 16.3 Å². The van der Waals surface area contributed by atoms with Gasteiger partial charge in [-0.15, -0.1) is 0 Å². The Morgan fingerprint density at radius 1 is 1.14 bits per heavy atom. The first-order chi connectivity index (χ1) is 16.8. The number of aliphatic hydroxyl groups is 1. The first-order valence-electron chi connectivity index (χ1n) is 12.0. The number of hydrogen-bond donors (Lipinski definition) is 2. The smallest absolute Gasteiger partial charge is 0.336 e. The SMILES string of the molecule is CCCCCC(=O)C(Cl)=C[C@H]1[C@H]2CC(=O)OC1(c1cc(-c3ccccc3)ccc1C(=O)O)C[C@H]2O. The number of carbonyl (C=O) groups is 3. The molecule has 1 saturated carbocycles. The number of fused-ring (bicyclic) bond motifs is 2. The zero-order valence-electron chi connectivity index (χ0n) is 19.6. The molecule has 1 saturated heterocycles. The summed E-state index contributed by atoms with van der Waals surface area (Å²) in [7, 11) is 0. The monoisotopic (exact) mass is 496 g/mol. The standard InChI is InChI=1S/C28H29ClO6/c1-2-3-5-10-24(30)23(29)15-22-20-14-26(32)35-28(22,16-25(20)31)21-13-18(11-12-19(21)27(33)34)17-8-6-4-7-9-17/h4,6-9,11-13,15,20,22,25,31H,2-3,5,10,14,16H2,1H3,(H,33,34)/t20-,22+,25-,28?/m1/s1. The van der Waals surface area contributed by atoms with Crippen LogP contribution in [0.4, 0.5) is 0 Å². The molecule has 2 N–H and O–H groups in total. The van der Waals surface area contributed by atoms with E-state index in [-0.39, 0.29) is 29.2 Å². The van der Waals surface area contributed by atoms with E-state index in [9.17, 15) is 24.6 Å². The van der Waals surface area contributed by atoms with E-state index in [0.29, 0.717) is 12.0 Å². The van der Waals surface area contributed by atoms with Crippen molar-refractivity contribution in [2.75, 3.05) is 0 Å². The summed E-state index contributed by atoms with van der Waals surface area (Å²) in [4.78, 5) is 37.5. The maximum Gasteiger partial charge on any atom is 0.336 e. The predicted molar refractivity (Wildman–Crippen MR) is 132 cm³/mol. The molecule has 2 aromatic rings. The summed E-state index contributed by atoms with van der Waals surface area (Å²) in [6, 6.07) is 14.4. The van der Waals surface area contributed by atoms with E-state index in [0.717, 1.165) is 30.4 Å². The summed E-state index contributed by atoms with van der Waals surface area (Å²) in [5.41, 5.74) is 0.461. The van der Waals surface area contributed by atoms with Crippen LogP contribution in [0, 0.1) is 11.8 Å². The average Bonchev–Trinajstić information content (AvgIpc) is 3.00. The third-order valence-corrected chi connectivity index (χ3v) is 7.45. The quantitative estimate of drug-likeness (QED) is 0.271. The Morgan fingerprint density at radius 3 is 2.57 bits per heavy atom. The van der Waals surface area contributed by atoms with Crippen molar-refractivity contribution >= 4 is 29.3 Å². The lowest BCUT2D eigenvalue weighted by atomic mass is 9.75. The van der Waals surface area contributed by atoms with Crippen LogP contribution in [-0.2, 0) is 19.9 Å². The highest BCUT2D eigenvalue weighted by molar-refractivity contribution is 6.42. The van der Waals surface area contributed by atoms with E-state index in [1.54, 1.807) is 18.2 Å². The van der Waals surface area contributed by atoms with E-state index in [1.165, 1.54) is 6.07 Å². The molecule has 184 valence electrons. The van der Waals surface area contributed by atoms with Gasteiger partial charge in [0.2, 0.25) is 0 Å². The Labute approximate surface area is 209 Å². The molecule has 0 radical (unpaired) electrons. The number of halogens is 1. The summed E-state index contributed by atoms with van der Waals surface area (Å²) in [6.45, 7) is 2.05. The number of unbranched alkanes of at least 4 members (excludes halogenated alkanes) is 2. The number of ether oxygens (including phenoxy) is 1. The fraction of sp³-hybridized carbons (Fsp3) is 0.393. The van der Waals surface area contributed by atoms with Crippen LogP contribution in [0.15, 0.2) is 59.6 Å². The molecule has 4 atom stereocenters. The largest absolute Gasteiger partial charge is 0.478 e. The van der Waals surface area contributed by atoms with Gasteiger partial charge in [-0.3, -0.25) is 9.59 Å². The van der Waals surface area contributed by atoms with Crippen molar-refractivity contribution in [3.05, 3.63) is 70.8 Å². The molecule has 2 aliphatic rings. The lowest BCUT2D eigenvalue weighted by molar-refractivity contribution is -0.173. The molecular weight excluding hydrogens is 468 g/mol. The lowest BCUT2D eigenvalue weighted by Gasteiger charge is -2.40. The number of allylic oxidation sites excluding steroid dienone is 1.